The van der Waals surface area contributed by atoms with Gasteiger partial charge in [-0.2, -0.15) is 5.10 Å². The van der Waals surface area contributed by atoms with E-state index in [9.17, 15) is 18.8 Å². The van der Waals surface area contributed by atoms with Gasteiger partial charge in [0, 0.05) is 49.3 Å². The molecule has 3 aliphatic rings. The van der Waals surface area contributed by atoms with Gasteiger partial charge in [-0.1, -0.05) is 38.1 Å². The molecule has 0 radical (unpaired) electrons. The van der Waals surface area contributed by atoms with Gasteiger partial charge < -0.3 is 9.80 Å². The molecule has 2 aliphatic heterocycles. The number of nitrogens with zero attached hydrogens (tertiary/aromatic N) is 3. The van der Waals surface area contributed by atoms with E-state index in [1.165, 1.54) is 6.07 Å². The Morgan fingerprint density at radius 3 is 2.37 bits per heavy atom. The normalized spacial score (nSPS) is 17.9. The summed E-state index contributed by atoms with van der Waals surface area (Å²) < 4.78 is 14.6. The molecule has 1 N–H and O–H groups in total. The van der Waals surface area contributed by atoms with Crippen LogP contribution in [0.3, 0.4) is 0 Å². The summed E-state index contributed by atoms with van der Waals surface area (Å²) in [5.74, 6) is -0.423. The van der Waals surface area contributed by atoms with Crippen molar-refractivity contribution in [2.45, 2.75) is 33.1 Å². The highest BCUT2D eigenvalue weighted by Gasteiger charge is 2.55. The Balaban J connectivity index is 0.00000124. The van der Waals surface area contributed by atoms with E-state index in [1.54, 1.807) is 29.2 Å². The zero-order valence-corrected chi connectivity index (χ0v) is 20.0. The highest BCUT2D eigenvalue weighted by Crippen LogP contribution is 2.43. The molecule has 3 heterocycles. The summed E-state index contributed by atoms with van der Waals surface area (Å²) in [5, 5.41) is 7.97. The molecular formula is C27H29FN4O3. The lowest BCUT2D eigenvalue weighted by atomic mass is 9.72. The van der Waals surface area contributed by atoms with Crippen LogP contribution in [0.5, 0.6) is 0 Å². The third-order valence-corrected chi connectivity index (χ3v) is 7.04. The number of hydrogen-bond acceptors (Lipinski definition) is 4. The van der Waals surface area contributed by atoms with Crippen LogP contribution in [-0.2, 0) is 11.2 Å². The fraction of sp³-hybridized carbons (Fsp3) is 0.407. The Morgan fingerprint density at radius 1 is 1.03 bits per heavy atom. The minimum atomic E-state index is -0.553. The van der Waals surface area contributed by atoms with Crippen molar-refractivity contribution in [2.24, 2.45) is 11.3 Å². The summed E-state index contributed by atoms with van der Waals surface area (Å²) in [7, 11) is 0. The van der Waals surface area contributed by atoms with Gasteiger partial charge in [0.1, 0.15) is 5.82 Å². The van der Waals surface area contributed by atoms with Crippen molar-refractivity contribution in [2.75, 3.05) is 26.2 Å². The van der Waals surface area contributed by atoms with E-state index in [0.29, 0.717) is 43.7 Å². The average Bonchev–Trinajstić information content (AvgIpc) is 3.67. The summed E-state index contributed by atoms with van der Waals surface area (Å²) in [6, 6.07) is 11.7. The molecule has 1 aromatic heterocycles. The first-order valence-electron chi connectivity index (χ1n) is 12.3. The molecule has 8 heteroatoms. The number of carbonyl (C=O) groups excluding carboxylic acids is 2. The summed E-state index contributed by atoms with van der Waals surface area (Å²) in [6.45, 7) is 6.49. The number of hydrogen-bond donors (Lipinski definition) is 1. The summed E-state index contributed by atoms with van der Waals surface area (Å²) >= 11 is 0. The molecule has 2 aromatic carbocycles. The molecule has 2 saturated heterocycles. The molecule has 1 saturated carbocycles. The van der Waals surface area contributed by atoms with E-state index in [2.05, 4.69) is 10.2 Å². The van der Waals surface area contributed by atoms with Crippen molar-refractivity contribution in [1.29, 1.82) is 0 Å². The van der Waals surface area contributed by atoms with Gasteiger partial charge in [0.2, 0.25) is 5.91 Å². The molecule has 0 atom stereocenters. The van der Waals surface area contributed by atoms with Gasteiger partial charge in [0.15, 0.2) is 0 Å². The Labute approximate surface area is 202 Å². The van der Waals surface area contributed by atoms with E-state index in [4.69, 9.17) is 0 Å². The van der Waals surface area contributed by atoms with Crippen LogP contribution in [0.15, 0.2) is 47.3 Å². The number of carbonyl (C=O) groups is 2. The number of nitrogens with one attached hydrogen (secondary N) is 1. The Bertz CT molecular complexity index is 1350. The van der Waals surface area contributed by atoms with Crippen molar-refractivity contribution in [3.05, 3.63) is 75.5 Å². The van der Waals surface area contributed by atoms with E-state index < -0.39 is 5.82 Å². The first-order valence-corrected chi connectivity index (χ1v) is 12.3. The number of likely N-dealkylation sites (tertiary alicyclic amines) is 2. The van der Waals surface area contributed by atoms with Crippen molar-refractivity contribution in [1.82, 2.24) is 20.0 Å². The van der Waals surface area contributed by atoms with Crippen molar-refractivity contribution < 1.29 is 14.0 Å². The van der Waals surface area contributed by atoms with Gasteiger partial charge in [-0.3, -0.25) is 14.4 Å². The minimum absolute atomic E-state index is 0.0208. The van der Waals surface area contributed by atoms with Crippen LogP contribution in [0.1, 0.15) is 48.3 Å². The quantitative estimate of drug-likeness (QED) is 0.626. The number of aromatic amines is 1. The number of H-pyrrole nitrogens is 1. The smallest absolute Gasteiger partial charge is 0.272 e. The number of halogens is 1. The molecule has 3 aromatic rings. The molecule has 35 heavy (non-hydrogen) atoms. The Kier molecular flexibility index (Phi) is 5.91. The van der Waals surface area contributed by atoms with Gasteiger partial charge >= 0.3 is 0 Å². The highest BCUT2D eigenvalue weighted by molar-refractivity contribution is 5.95. The van der Waals surface area contributed by atoms with Gasteiger partial charge in [-0.25, -0.2) is 9.49 Å². The number of rotatable bonds is 4. The SMILES string of the molecule is CC.O=C(c1cc(Cc2n[nH]c(=O)c3ccccc23)ccc1F)N1CC2(C1)CN(C(=O)C1CC1)C2. The van der Waals surface area contributed by atoms with Crippen LogP contribution in [-0.4, -0.2) is 58.0 Å². The molecule has 182 valence electrons. The molecule has 1 spiro atoms. The second-order valence-electron chi connectivity index (χ2n) is 9.67. The lowest BCUT2D eigenvalue weighted by molar-refractivity contribution is -0.155. The van der Waals surface area contributed by atoms with Crippen molar-refractivity contribution in [3.63, 3.8) is 0 Å². The first kappa shape index (κ1) is 23.2. The topological polar surface area (TPSA) is 86.4 Å². The van der Waals surface area contributed by atoms with Gasteiger partial charge in [-0.15, -0.1) is 0 Å². The average molecular weight is 477 g/mol. The highest BCUT2D eigenvalue weighted by atomic mass is 19.1. The number of aromatic nitrogens is 2. The molecule has 2 amide bonds. The van der Waals surface area contributed by atoms with Crippen LogP contribution < -0.4 is 5.56 Å². The number of amides is 2. The van der Waals surface area contributed by atoms with E-state index in [1.807, 2.05) is 30.9 Å². The van der Waals surface area contributed by atoms with Gasteiger partial charge in [0.25, 0.3) is 11.5 Å². The second kappa shape index (κ2) is 8.91. The maximum Gasteiger partial charge on any atom is 0.272 e. The maximum atomic E-state index is 14.6. The standard InChI is InChI=1S/C25H23FN4O3.C2H6/c26-20-8-5-15(10-21-17-3-1-2-4-18(17)22(31)28-27-21)9-19(20)24(33)30-13-25(14-30)11-29(12-25)23(32)16-6-7-16;1-2/h1-5,8-9,16H,6-7,10-14H2,(H,28,31);1-2H3. The molecule has 3 fully saturated rings. The van der Waals surface area contributed by atoms with Crippen LogP contribution in [0.2, 0.25) is 0 Å². The fourth-order valence-corrected chi connectivity index (χ4v) is 5.13. The Morgan fingerprint density at radius 2 is 1.69 bits per heavy atom. The number of benzene rings is 2. The zero-order valence-electron chi connectivity index (χ0n) is 20.0. The summed E-state index contributed by atoms with van der Waals surface area (Å²) in [5.41, 5.74) is 1.16. The van der Waals surface area contributed by atoms with Gasteiger partial charge in [0.05, 0.1) is 16.6 Å². The molecule has 6 rings (SSSR count). The van der Waals surface area contributed by atoms with Crippen molar-refractivity contribution in [3.8, 4) is 0 Å². The third kappa shape index (κ3) is 4.22. The predicted octanol–water partition coefficient (Wildman–Crippen LogP) is 3.37. The number of fused-ring (bicyclic) bond motifs is 1. The molecular weight excluding hydrogens is 447 g/mol. The third-order valence-electron chi connectivity index (χ3n) is 7.04. The Hall–Kier alpha value is -3.55. The van der Waals surface area contributed by atoms with E-state index in [-0.39, 0.29) is 34.3 Å². The minimum Gasteiger partial charge on any atom is -0.341 e. The van der Waals surface area contributed by atoms with Crippen LogP contribution in [0, 0.1) is 17.2 Å². The lowest BCUT2D eigenvalue weighted by Gasteiger charge is -2.60. The molecule has 7 nitrogen and oxygen atoms in total. The zero-order chi connectivity index (χ0) is 24.7. The van der Waals surface area contributed by atoms with E-state index >= 15 is 0 Å². The second-order valence-corrected chi connectivity index (χ2v) is 9.67. The monoisotopic (exact) mass is 476 g/mol. The largest absolute Gasteiger partial charge is 0.341 e. The van der Waals surface area contributed by atoms with E-state index in [0.717, 1.165) is 23.8 Å². The maximum absolute atomic E-state index is 14.6. The van der Waals surface area contributed by atoms with Crippen molar-refractivity contribution >= 4 is 22.6 Å². The first-order chi connectivity index (χ1) is 16.9. The van der Waals surface area contributed by atoms with Crippen LogP contribution in [0.25, 0.3) is 10.8 Å². The summed E-state index contributed by atoms with van der Waals surface area (Å²) in [4.78, 5) is 40.7. The molecule has 0 bridgehead atoms. The molecule has 1 aliphatic carbocycles. The lowest BCUT2D eigenvalue weighted by Crippen LogP contribution is -2.73. The predicted molar refractivity (Wildman–Crippen MR) is 131 cm³/mol. The fourth-order valence-electron chi connectivity index (χ4n) is 5.13. The molecule has 0 unspecified atom stereocenters. The van der Waals surface area contributed by atoms with Crippen LogP contribution in [0.4, 0.5) is 4.39 Å². The summed E-state index contributed by atoms with van der Waals surface area (Å²) in [6.07, 6.45) is 2.35. The van der Waals surface area contributed by atoms with Crippen LogP contribution >= 0.6 is 0 Å². The van der Waals surface area contributed by atoms with Gasteiger partial charge in [-0.05, 0) is 36.6 Å².